The molecule has 1 aliphatic carbocycles. The summed E-state index contributed by atoms with van der Waals surface area (Å²) >= 11 is 0. The largest absolute Gasteiger partial charge is 0.353 e. The average Bonchev–Trinajstić information content (AvgIpc) is 3.11. The van der Waals surface area contributed by atoms with Gasteiger partial charge in [-0.2, -0.15) is 0 Å². The van der Waals surface area contributed by atoms with Crippen molar-refractivity contribution in [1.82, 2.24) is 15.5 Å². The molecule has 2 atom stereocenters. The third-order valence-corrected chi connectivity index (χ3v) is 3.66. The summed E-state index contributed by atoms with van der Waals surface area (Å²) in [4.78, 5) is 6.85. The maximum Gasteiger partial charge on any atom is 0.191 e. The Hall–Kier alpha value is -0.300. The molecule has 1 aliphatic heterocycles. The molecule has 2 aliphatic rings. The predicted octanol–water partition coefficient (Wildman–Crippen LogP) is 1.44. The molecule has 2 N–H and O–H groups in total. The molecule has 0 spiro atoms. The van der Waals surface area contributed by atoms with E-state index in [0.29, 0.717) is 12.0 Å². The molecule has 0 bridgehead atoms. The Morgan fingerprint density at radius 1 is 1.44 bits per heavy atom. The van der Waals surface area contributed by atoms with Crippen molar-refractivity contribution in [1.29, 1.82) is 0 Å². The normalized spacial score (nSPS) is 28.7. The van der Waals surface area contributed by atoms with Gasteiger partial charge in [-0.1, -0.05) is 13.0 Å². The van der Waals surface area contributed by atoms with Gasteiger partial charge in [0.2, 0.25) is 0 Å². The third kappa shape index (κ3) is 4.12. The number of likely N-dealkylation sites (tertiary alicyclic amines) is 1. The van der Waals surface area contributed by atoms with Crippen LogP contribution in [-0.4, -0.2) is 49.6 Å². The molecule has 0 aromatic heterocycles. The monoisotopic (exact) mass is 364 g/mol. The van der Waals surface area contributed by atoms with Crippen LogP contribution in [0.1, 0.15) is 19.8 Å². The number of rotatable bonds is 4. The Labute approximate surface area is 127 Å². The van der Waals surface area contributed by atoms with Crippen molar-refractivity contribution >= 4 is 29.9 Å². The van der Waals surface area contributed by atoms with E-state index >= 15 is 0 Å². The van der Waals surface area contributed by atoms with E-state index in [4.69, 9.17) is 0 Å². The number of nitrogens with one attached hydrogen (secondary N) is 2. The van der Waals surface area contributed by atoms with Gasteiger partial charge in [-0.05, 0) is 18.8 Å². The van der Waals surface area contributed by atoms with Crippen molar-refractivity contribution in [2.75, 3.05) is 26.7 Å². The lowest BCUT2D eigenvalue weighted by Crippen LogP contribution is -2.46. The molecular weight excluding hydrogens is 339 g/mol. The highest BCUT2D eigenvalue weighted by molar-refractivity contribution is 14.0. The fourth-order valence-corrected chi connectivity index (χ4v) is 2.47. The molecule has 4 nitrogen and oxygen atoms in total. The van der Waals surface area contributed by atoms with Crippen LogP contribution in [0.3, 0.4) is 0 Å². The van der Waals surface area contributed by atoms with Crippen LogP contribution in [0.2, 0.25) is 0 Å². The molecule has 2 fully saturated rings. The van der Waals surface area contributed by atoms with Crippen molar-refractivity contribution in [3.8, 4) is 0 Å². The summed E-state index contributed by atoms with van der Waals surface area (Å²) in [6.07, 6.45) is 4.63. The maximum absolute atomic E-state index is 4.24. The zero-order valence-electron chi connectivity index (χ0n) is 11.4. The van der Waals surface area contributed by atoms with Gasteiger partial charge in [0.1, 0.15) is 0 Å². The smallest absolute Gasteiger partial charge is 0.191 e. The van der Waals surface area contributed by atoms with Crippen LogP contribution in [-0.2, 0) is 0 Å². The van der Waals surface area contributed by atoms with Gasteiger partial charge in [0, 0.05) is 38.8 Å². The van der Waals surface area contributed by atoms with Gasteiger partial charge in [0.15, 0.2) is 5.96 Å². The molecule has 2 unspecified atom stereocenters. The van der Waals surface area contributed by atoms with E-state index in [2.05, 4.69) is 34.0 Å². The fourth-order valence-electron chi connectivity index (χ4n) is 2.47. The van der Waals surface area contributed by atoms with Crippen LogP contribution in [0.25, 0.3) is 0 Å². The number of halogens is 1. The quantitative estimate of drug-likeness (QED) is 0.343. The highest BCUT2D eigenvalue weighted by Gasteiger charge is 2.38. The minimum atomic E-state index is 0. The first-order valence-electron chi connectivity index (χ1n) is 6.56. The summed E-state index contributed by atoms with van der Waals surface area (Å²) in [6, 6.07) is 1.39. The molecule has 18 heavy (non-hydrogen) atoms. The van der Waals surface area contributed by atoms with E-state index < -0.39 is 0 Å². The van der Waals surface area contributed by atoms with Gasteiger partial charge in [-0.3, -0.25) is 9.89 Å². The standard InChI is InChI=1S/C13H24N4.HI/c1-4-7-15-13(14-3)16-12-9-17(8-10(12)2)11-5-6-11;/h4,10-12H,1,5-9H2,2-3H3,(H2,14,15,16);1H. The molecule has 0 aromatic rings. The number of aliphatic imine (C=N–C) groups is 1. The minimum absolute atomic E-state index is 0. The first-order valence-corrected chi connectivity index (χ1v) is 6.56. The first kappa shape index (κ1) is 15.8. The van der Waals surface area contributed by atoms with E-state index in [0.717, 1.165) is 25.1 Å². The Morgan fingerprint density at radius 2 is 2.17 bits per heavy atom. The summed E-state index contributed by atoms with van der Waals surface area (Å²) in [5.74, 6) is 1.58. The minimum Gasteiger partial charge on any atom is -0.353 e. The Balaban J connectivity index is 0.00000162. The first-order chi connectivity index (χ1) is 8.24. The highest BCUT2D eigenvalue weighted by atomic mass is 127. The van der Waals surface area contributed by atoms with Crippen molar-refractivity contribution in [3.05, 3.63) is 12.7 Å². The summed E-state index contributed by atoms with van der Waals surface area (Å²) in [5.41, 5.74) is 0. The highest BCUT2D eigenvalue weighted by Crippen LogP contribution is 2.31. The molecule has 0 aromatic carbocycles. The lowest BCUT2D eigenvalue weighted by molar-refractivity contribution is 0.315. The second-order valence-corrected chi connectivity index (χ2v) is 5.15. The Bertz CT molecular complexity index is 301. The van der Waals surface area contributed by atoms with E-state index in [9.17, 15) is 0 Å². The van der Waals surface area contributed by atoms with Crippen molar-refractivity contribution < 1.29 is 0 Å². The van der Waals surface area contributed by atoms with Crippen LogP contribution < -0.4 is 10.6 Å². The van der Waals surface area contributed by atoms with Crippen molar-refractivity contribution in [3.63, 3.8) is 0 Å². The second kappa shape index (κ2) is 7.33. The second-order valence-electron chi connectivity index (χ2n) is 5.15. The summed E-state index contributed by atoms with van der Waals surface area (Å²) < 4.78 is 0. The summed E-state index contributed by atoms with van der Waals surface area (Å²) in [7, 11) is 1.82. The van der Waals surface area contributed by atoms with Gasteiger partial charge >= 0.3 is 0 Å². The molecule has 0 amide bonds. The van der Waals surface area contributed by atoms with Gasteiger partial charge in [-0.25, -0.2) is 0 Å². The Morgan fingerprint density at radius 3 is 2.72 bits per heavy atom. The number of hydrogen-bond acceptors (Lipinski definition) is 2. The van der Waals surface area contributed by atoms with E-state index in [1.807, 2.05) is 13.1 Å². The lowest BCUT2D eigenvalue weighted by Gasteiger charge is -2.19. The SMILES string of the molecule is C=CCNC(=NC)NC1CN(C2CC2)CC1C.I. The zero-order chi connectivity index (χ0) is 12.3. The fraction of sp³-hybridized carbons (Fsp3) is 0.769. The van der Waals surface area contributed by atoms with Crippen LogP contribution in [0.15, 0.2) is 17.6 Å². The average molecular weight is 364 g/mol. The van der Waals surface area contributed by atoms with Gasteiger partial charge in [0.25, 0.3) is 0 Å². The van der Waals surface area contributed by atoms with E-state index in [1.54, 1.807) is 0 Å². The van der Waals surface area contributed by atoms with Crippen LogP contribution in [0, 0.1) is 5.92 Å². The van der Waals surface area contributed by atoms with Crippen LogP contribution in [0.5, 0.6) is 0 Å². The van der Waals surface area contributed by atoms with Crippen LogP contribution in [0.4, 0.5) is 0 Å². The molecule has 5 heteroatoms. The molecule has 104 valence electrons. The number of guanidine groups is 1. The Kier molecular flexibility index (Phi) is 6.42. The van der Waals surface area contributed by atoms with Gasteiger partial charge in [-0.15, -0.1) is 30.6 Å². The van der Waals surface area contributed by atoms with Crippen molar-refractivity contribution in [2.24, 2.45) is 10.9 Å². The topological polar surface area (TPSA) is 39.7 Å². The van der Waals surface area contributed by atoms with Crippen molar-refractivity contribution in [2.45, 2.75) is 31.8 Å². The predicted molar refractivity (Wildman–Crippen MR) is 87.7 cm³/mol. The van der Waals surface area contributed by atoms with E-state index in [1.165, 1.54) is 19.4 Å². The summed E-state index contributed by atoms with van der Waals surface area (Å²) in [5, 5.41) is 6.74. The molecule has 1 heterocycles. The third-order valence-electron chi connectivity index (χ3n) is 3.66. The molecule has 2 rings (SSSR count). The number of nitrogens with zero attached hydrogens (tertiary/aromatic N) is 2. The molecule has 0 radical (unpaired) electrons. The lowest BCUT2D eigenvalue weighted by atomic mass is 10.1. The molecule has 1 saturated heterocycles. The molecule has 1 saturated carbocycles. The van der Waals surface area contributed by atoms with Gasteiger partial charge < -0.3 is 10.6 Å². The molecular formula is C13H25IN4. The maximum atomic E-state index is 4.24. The zero-order valence-corrected chi connectivity index (χ0v) is 13.7. The summed E-state index contributed by atoms with van der Waals surface area (Å²) in [6.45, 7) is 9.16. The van der Waals surface area contributed by atoms with E-state index in [-0.39, 0.29) is 24.0 Å². The number of hydrogen-bond donors (Lipinski definition) is 2. The van der Waals surface area contributed by atoms with Crippen LogP contribution >= 0.6 is 24.0 Å². The van der Waals surface area contributed by atoms with Gasteiger partial charge in [0.05, 0.1) is 0 Å².